The van der Waals surface area contributed by atoms with Crippen molar-refractivity contribution >= 4 is 45.1 Å². The lowest BCUT2D eigenvalue weighted by atomic mass is 10.2. The van der Waals surface area contributed by atoms with Gasteiger partial charge in [-0.05, 0) is 17.7 Å². The minimum absolute atomic E-state index is 0.264. The third-order valence-corrected chi connectivity index (χ3v) is 7.48. The van der Waals surface area contributed by atoms with Crippen molar-refractivity contribution in [2.75, 3.05) is 12.4 Å². The van der Waals surface area contributed by atoms with E-state index < -0.39 is 6.10 Å². The normalized spacial score (nSPS) is 12.5. The van der Waals surface area contributed by atoms with Crippen LogP contribution in [0.4, 0.5) is 0 Å². The Bertz CT molecular complexity index is 1030. The summed E-state index contributed by atoms with van der Waals surface area (Å²) in [5.41, 5.74) is 2.17. The summed E-state index contributed by atoms with van der Waals surface area (Å²) < 4.78 is 4.25. The fourth-order valence-electron chi connectivity index (χ4n) is 2.72. The quantitative estimate of drug-likeness (QED) is 0.381. The molecule has 0 bridgehead atoms. The molecule has 1 unspecified atom stereocenters. The predicted octanol–water partition coefficient (Wildman–Crippen LogP) is 3.67. The monoisotopic (exact) mass is 444 g/mol. The van der Waals surface area contributed by atoms with Crippen molar-refractivity contribution in [3.8, 4) is 0 Å². The smallest absolute Gasteiger partial charge is 0.191 e. The van der Waals surface area contributed by atoms with Crippen molar-refractivity contribution in [3.05, 3.63) is 66.0 Å². The molecule has 0 spiro atoms. The van der Waals surface area contributed by atoms with E-state index in [1.165, 1.54) is 16.5 Å². The number of nitrogens with zero attached hydrogens (tertiary/aromatic N) is 4. The molecule has 4 aromatic rings. The van der Waals surface area contributed by atoms with Crippen LogP contribution in [0.2, 0.25) is 0 Å². The number of benzene rings is 2. The van der Waals surface area contributed by atoms with Crippen LogP contribution in [-0.2, 0) is 12.3 Å². The van der Waals surface area contributed by atoms with Gasteiger partial charge >= 0.3 is 0 Å². The molecule has 0 aliphatic rings. The van der Waals surface area contributed by atoms with E-state index in [9.17, 15) is 5.11 Å². The molecule has 0 saturated carbocycles. The van der Waals surface area contributed by atoms with E-state index in [2.05, 4.69) is 37.9 Å². The molecule has 2 aromatic heterocycles. The summed E-state index contributed by atoms with van der Waals surface area (Å²) in [5.74, 6) is 1.89. The minimum Gasteiger partial charge on any atom is -0.394 e. The summed E-state index contributed by atoms with van der Waals surface area (Å²) in [6, 6.07) is 18.3. The van der Waals surface area contributed by atoms with Gasteiger partial charge in [-0.2, -0.15) is 0 Å². The minimum atomic E-state index is -0.776. The SMILES string of the molecule is OCC(O)CSc1nnc(CSc2nc3ccccc3s2)n1Cc1ccccc1. The van der Waals surface area contributed by atoms with Gasteiger partial charge < -0.3 is 14.8 Å². The largest absolute Gasteiger partial charge is 0.394 e. The molecule has 29 heavy (non-hydrogen) atoms. The zero-order chi connectivity index (χ0) is 20.1. The Balaban J connectivity index is 1.53. The number of hydrogen-bond acceptors (Lipinski definition) is 8. The van der Waals surface area contributed by atoms with Crippen molar-refractivity contribution in [1.82, 2.24) is 19.7 Å². The molecular formula is C20H20N4O2S3. The second-order valence-corrected chi connectivity index (χ2v) is 9.59. The molecule has 0 radical (unpaired) electrons. The van der Waals surface area contributed by atoms with Crippen molar-refractivity contribution in [2.24, 2.45) is 0 Å². The number of thioether (sulfide) groups is 2. The van der Waals surface area contributed by atoms with Gasteiger partial charge in [0.25, 0.3) is 0 Å². The summed E-state index contributed by atoms with van der Waals surface area (Å²) in [6.45, 7) is 0.390. The first-order valence-corrected chi connectivity index (χ1v) is 11.9. The number of aliphatic hydroxyl groups is 2. The van der Waals surface area contributed by atoms with Gasteiger partial charge in [0, 0.05) is 5.75 Å². The lowest BCUT2D eigenvalue weighted by molar-refractivity contribution is 0.113. The Morgan fingerprint density at radius 2 is 1.79 bits per heavy atom. The second kappa shape index (κ2) is 9.73. The highest BCUT2D eigenvalue weighted by Gasteiger charge is 2.16. The van der Waals surface area contributed by atoms with E-state index in [1.807, 2.05) is 36.4 Å². The molecule has 0 saturated heterocycles. The molecule has 0 aliphatic carbocycles. The van der Waals surface area contributed by atoms with E-state index in [-0.39, 0.29) is 6.61 Å². The van der Waals surface area contributed by atoms with E-state index in [0.717, 1.165) is 26.4 Å². The van der Waals surface area contributed by atoms with Crippen molar-refractivity contribution < 1.29 is 10.2 Å². The predicted molar refractivity (Wildman–Crippen MR) is 119 cm³/mol. The third kappa shape index (κ3) is 5.18. The average Bonchev–Trinajstić information content (AvgIpc) is 3.34. The van der Waals surface area contributed by atoms with Crippen LogP contribution in [0.3, 0.4) is 0 Å². The number of fused-ring (bicyclic) bond motifs is 1. The van der Waals surface area contributed by atoms with Crippen molar-refractivity contribution in [3.63, 3.8) is 0 Å². The van der Waals surface area contributed by atoms with Crippen LogP contribution in [0.25, 0.3) is 10.2 Å². The summed E-state index contributed by atoms with van der Waals surface area (Å²) in [4.78, 5) is 4.68. The van der Waals surface area contributed by atoms with Crippen molar-refractivity contribution in [1.29, 1.82) is 0 Å². The highest BCUT2D eigenvalue weighted by atomic mass is 32.2. The average molecular weight is 445 g/mol. The zero-order valence-corrected chi connectivity index (χ0v) is 18.0. The van der Waals surface area contributed by atoms with Gasteiger partial charge in [-0.25, -0.2) is 4.98 Å². The van der Waals surface area contributed by atoms with Crippen LogP contribution in [-0.4, -0.2) is 48.4 Å². The van der Waals surface area contributed by atoms with E-state index in [4.69, 9.17) is 5.11 Å². The van der Waals surface area contributed by atoms with Gasteiger partial charge in [-0.3, -0.25) is 0 Å². The first-order valence-electron chi connectivity index (χ1n) is 9.09. The van der Waals surface area contributed by atoms with Gasteiger partial charge in [-0.1, -0.05) is 66.0 Å². The molecule has 0 amide bonds. The van der Waals surface area contributed by atoms with Crippen molar-refractivity contribution in [2.45, 2.75) is 27.9 Å². The van der Waals surface area contributed by atoms with Crippen LogP contribution in [0, 0.1) is 0 Å². The standard InChI is InChI=1S/C20H20N4O2S3/c25-11-15(26)12-27-19-23-22-18(24(19)10-14-6-2-1-3-7-14)13-28-20-21-16-8-4-5-9-17(16)29-20/h1-9,15,25-26H,10-13H2. The zero-order valence-electron chi connectivity index (χ0n) is 15.5. The fourth-order valence-corrected chi connectivity index (χ4v) is 5.60. The molecule has 150 valence electrons. The lowest BCUT2D eigenvalue weighted by Gasteiger charge is -2.11. The molecular weight excluding hydrogens is 424 g/mol. The summed E-state index contributed by atoms with van der Waals surface area (Å²) in [7, 11) is 0. The molecule has 2 heterocycles. The van der Waals surface area contributed by atoms with Crippen LogP contribution in [0.1, 0.15) is 11.4 Å². The van der Waals surface area contributed by atoms with Crippen LogP contribution in [0.15, 0.2) is 64.1 Å². The number of rotatable bonds is 9. The van der Waals surface area contributed by atoms with E-state index in [1.54, 1.807) is 23.1 Å². The Hall–Kier alpha value is -1.91. The first-order chi connectivity index (χ1) is 14.2. The highest BCUT2D eigenvalue weighted by molar-refractivity contribution is 8.00. The molecule has 9 heteroatoms. The Morgan fingerprint density at radius 3 is 2.59 bits per heavy atom. The lowest BCUT2D eigenvalue weighted by Crippen LogP contribution is -2.15. The van der Waals surface area contributed by atoms with Crippen LogP contribution < -0.4 is 0 Å². The fraction of sp³-hybridized carbons (Fsp3) is 0.250. The summed E-state index contributed by atoms with van der Waals surface area (Å²) >= 11 is 4.73. The van der Waals surface area contributed by atoms with Gasteiger partial charge in [0.2, 0.25) is 0 Å². The van der Waals surface area contributed by atoms with Crippen LogP contribution >= 0.6 is 34.9 Å². The Labute approximate surface area is 181 Å². The maximum Gasteiger partial charge on any atom is 0.191 e. The number of aliphatic hydroxyl groups excluding tert-OH is 2. The first kappa shape index (κ1) is 20.4. The van der Waals surface area contributed by atoms with Gasteiger partial charge in [0.15, 0.2) is 9.50 Å². The molecule has 2 N–H and O–H groups in total. The number of hydrogen-bond donors (Lipinski definition) is 2. The number of thiazole rings is 1. The molecule has 1 atom stereocenters. The molecule has 0 aliphatic heterocycles. The maximum absolute atomic E-state index is 9.69. The maximum atomic E-state index is 9.69. The summed E-state index contributed by atoms with van der Waals surface area (Å²) in [5, 5.41) is 28.2. The molecule has 0 fully saturated rings. The van der Waals surface area contributed by atoms with E-state index >= 15 is 0 Å². The molecule has 6 nitrogen and oxygen atoms in total. The van der Waals surface area contributed by atoms with Crippen LogP contribution in [0.5, 0.6) is 0 Å². The van der Waals surface area contributed by atoms with E-state index in [0.29, 0.717) is 18.1 Å². The highest BCUT2D eigenvalue weighted by Crippen LogP contribution is 2.32. The van der Waals surface area contributed by atoms with Gasteiger partial charge in [0.1, 0.15) is 5.82 Å². The summed E-state index contributed by atoms with van der Waals surface area (Å²) in [6.07, 6.45) is -0.776. The molecule has 4 rings (SSSR count). The third-order valence-electron chi connectivity index (χ3n) is 4.19. The number of para-hydroxylation sites is 1. The van der Waals surface area contributed by atoms with Gasteiger partial charge in [-0.15, -0.1) is 21.5 Å². The Morgan fingerprint density at radius 1 is 1.00 bits per heavy atom. The topological polar surface area (TPSA) is 84.1 Å². The number of aromatic nitrogens is 4. The Kier molecular flexibility index (Phi) is 6.83. The second-order valence-electron chi connectivity index (χ2n) is 6.35. The molecule has 2 aromatic carbocycles. The van der Waals surface area contributed by atoms with Gasteiger partial charge in [0.05, 0.1) is 35.2 Å².